The van der Waals surface area contributed by atoms with Crippen molar-refractivity contribution in [2.24, 2.45) is 0 Å². The summed E-state index contributed by atoms with van der Waals surface area (Å²) in [5.41, 5.74) is -0.344. The molecule has 72 valence electrons. The van der Waals surface area contributed by atoms with E-state index in [1.165, 1.54) is 0 Å². The van der Waals surface area contributed by atoms with Crippen LogP contribution in [0, 0.1) is 15.9 Å². The molecule has 0 unspecified atom stereocenters. The van der Waals surface area contributed by atoms with Crippen LogP contribution < -0.4 is 4.06 Å². The van der Waals surface area contributed by atoms with Crippen molar-refractivity contribution in [2.45, 2.75) is 0 Å². The van der Waals surface area contributed by atoms with Gasteiger partial charge in [-0.1, -0.05) is 22.7 Å². The van der Waals surface area contributed by atoms with Gasteiger partial charge in [0.15, 0.2) is 0 Å². The molecule has 1 aromatic carbocycles. The maximum Gasteiger partial charge on any atom is 0.291 e. The zero-order chi connectivity index (χ0) is 10.3. The number of nitrogens with zero attached hydrogens (tertiary/aromatic N) is 1. The molecule has 0 bridgehead atoms. The Morgan fingerprint density at radius 2 is 2.07 bits per heavy atom. The number of non-ortho nitro benzene ring substituents is 1. The summed E-state index contributed by atoms with van der Waals surface area (Å²) < 4.78 is 13.2. The van der Waals surface area contributed by atoms with Crippen molar-refractivity contribution in [1.29, 1.82) is 0 Å². The summed E-state index contributed by atoms with van der Waals surface area (Å²) in [6.07, 6.45) is 0. The Bertz CT molecular complexity index is 574. The van der Waals surface area contributed by atoms with Crippen LogP contribution in [0.1, 0.15) is 0 Å². The molecule has 0 amide bonds. The molecule has 0 aliphatic rings. The molecule has 2 aromatic rings. The predicted molar refractivity (Wildman–Crippen MR) is 52.6 cm³/mol. The van der Waals surface area contributed by atoms with Crippen LogP contribution >= 0.6 is 22.7 Å². The molecule has 14 heavy (non-hydrogen) atoms. The molecule has 0 N–H and O–H groups in total. The zero-order valence-electron chi connectivity index (χ0n) is 6.52. The minimum atomic E-state index is -0.696. The lowest BCUT2D eigenvalue weighted by molar-refractivity contribution is -0.383. The third-order valence-corrected chi connectivity index (χ3v) is 3.71. The van der Waals surface area contributed by atoms with Crippen molar-refractivity contribution >= 4 is 37.8 Å². The molecule has 4 nitrogen and oxygen atoms in total. The van der Waals surface area contributed by atoms with Gasteiger partial charge in [0, 0.05) is 0 Å². The topological polar surface area (TPSA) is 60.2 Å². The van der Waals surface area contributed by atoms with E-state index in [1.807, 2.05) is 0 Å². The summed E-state index contributed by atoms with van der Waals surface area (Å²) in [6.45, 7) is 0. The van der Waals surface area contributed by atoms with E-state index < -0.39 is 10.7 Å². The number of benzene rings is 1. The molecular formula is C7H2FNO3S2. The maximum absolute atomic E-state index is 12.9. The molecule has 2 rings (SSSR count). The number of hydrogen-bond donors (Lipinski definition) is 0. The molecule has 0 radical (unpaired) electrons. The number of hydrogen-bond acceptors (Lipinski definition) is 5. The summed E-state index contributed by atoms with van der Waals surface area (Å²) in [6, 6.07) is 1.95. The van der Waals surface area contributed by atoms with Gasteiger partial charge in [0.25, 0.3) is 9.74 Å². The van der Waals surface area contributed by atoms with Gasteiger partial charge in [-0.25, -0.2) is 4.39 Å². The monoisotopic (exact) mass is 231 g/mol. The molecule has 1 heterocycles. The van der Waals surface area contributed by atoms with Gasteiger partial charge in [-0.05, 0) is 6.07 Å². The Hall–Kier alpha value is -1.34. The van der Waals surface area contributed by atoms with Gasteiger partial charge in [-0.2, -0.15) is 0 Å². The van der Waals surface area contributed by atoms with Gasteiger partial charge in [-0.3, -0.25) is 14.9 Å². The number of halogens is 1. The minimum Gasteiger partial charge on any atom is -0.265 e. The second-order valence-electron chi connectivity index (χ2n) is 2.46. The van der Waals surface area contributed by atoms with Crippen molar-refractivity contribution in [3.63, 3.8) is 0 Å². The molecule has 0 atom stereocenters. The van der Waals surface area contributed by atoms with Crippen LogP contribution in [-0.2, 0) is 0 Å². The second kappa shape index (κ2) is 3.10. The predicted octanol–water partition coefficient (Wildman–Crippen LogP) is 2.37. The molecule has 0 fully saturated rings. The quantitative estimate of drug-likeness (QED) is 0.559. The zero-order valence-corrected chi connectivity index (χ0v) is 8.15. The summed E-state index contributed by atoms with van der Waals surface area (Å²) in [5.74, 6) is -0.696. The van der Waals surface area contributed by atoms with Crippen LogP contribution in [0.3, 0.4) is 0 Å². The molecule has 7 heteroatoms. The number of nitro benzene ring substituents is 1. The third kappa shape index (κ3) is 1.40. The SMILES string of the molecule is O=c1sc2cc(F)cc([N+](=O)[O-])c2s1. The van der Waals surface area contributed by atoms with Crippen molar-refractivity contribution in [1.82, 2.24) is 0 Å². The normalized spacial score (nSPS) is 10.6. The van der Waals surface area contributed by atoms with E-state index in [-0.39, 0.29) is 14.4 Å². The van der Waals surface area contributed by atoms with Gasteiger partial charge >= 0.3 is 0 Å². The Labute approximate surface area is 84.4 Å². The van der Waals surface area contributed by atoms with E-state index in [0.717, 1.165) is 34.8 Å². The van der Waals surface area contributed by atoms with Crippen LogP contribution in [0.4, 0.5) is 10.1 Å². The highest BCUT2D eigenvalue weighted by atomic mass is 32.2. The van der Waals surface area contributed by atoms with E-state index in [1.54, 1.807) is 0 Å². The van der Waals surface area contributed by atoms with E-state index in [9.17, 15) is 19.3 Å². The number of fused-ring (bicyclic) bond motifs is 1. The Balaban J connectivity index is 2.92. The van der Waals surface area contributed by atoms with Crippen LogP contribution in [0.5, 0.6) is 0 Å². The molecule has 0 aliphatic carbocycles. The summed E-state index contributed by atoms with van der Waals surface area (Å²) in [7, 11) is 0. The minimum absolute atomic E-state index is 0.242. The fourth-order valence-electron chi connectivity index (χ4n) is 1.06. The number of rotatable bonds is 1. The van der Waals surface area contributed by atoms with Gasteiger partial charge in [0.05, 0.1) is 15.7 Å². The highest BCUT2D eigenvalue weighted by Gasteiger charge is 2.16. The van der Waals surface area contributed by atoms with E-state index >= 15 is 0 Å². The van der Waals surface area contributed by atoms with E-state index in [2.05, 4.69) is 0 Å². The number of nitro groups is 1. The first kappa shape index (κ1) is 9.22. The van der Waals surface area contributed by atoms with Crippen LogP contribution in [0.25, 0.3) is 9.40 Å². The highest BCUT2D eigenvalue weighted by Crippen LogP contribution is 2.31. The molecule has 0 aliphatic heterocycles. The molecule has 0 spiro atoms. The van der Waals surface area contributed by atoms with Gasteiger partial charge in [0.2, 0.25) is 0 Å². The van der Waals surface area contributed by atoms with Crippen LogP contribution in [0.2, 0.25) is 0 Å². The van der Waals surface area contributed by atoms with Crippen molar-refractivity contribution in [2.75, 3.05) is 0 Å². The lowest BCUT2D eigenvalue weighted by Gasteiger charge is -1.92. The molecule has 0 saturated heterocycles. The van der Waals surface area contributed by atoms with Gasteiger partial charge in [0.1, 0.15) is 10.5 Å². The average Bonchev–Trinajstić information content (AvgIpc) is 2.42. The second-order valence-corrected chi connectivity index (χ2v) is 4.72. The van der Waals surface area contributed by atoms with Crippen molar-refractivity contribution in [3.8, 4) is 0 Å². The smallest absolute Gasteiger partial charge is 0.265 e. The largest absolute Gasteiger partial charge is 0.291 e. The fourth-order valence-corrected chi connectivity index (χ4v) is 3.11. The maximum atomic E-state index is 12.9. The van der Waals surface area contributed by atoms with Crippen molar-refractivity contribution < 1.29 is 9.31 Å². The molecular weight excluding hydrogens is 229 g/mol. The van der Waals surface area contributed by atoms with E-state index in [0.29, 0.717) is 4.70 Å². The molecule has 1 aromatic heterocycles. The Kier molecular flexibility index (Phi) is 2.05. The summed E-state index contributed by atoms with van der Waals surface area (Å²) in [5, 5.41) is 10.5. The molecule has 0 saturated carbocycles. The standard InChI is InChI=1S/C7H2FNO3S2/c8-3-1-4(9(11)12)6-5(2-3)13-7(10)14-6/h1-2H. The summed E-state index contributed by atoms with van der Waals surface area (Å²) in [4.78, 5) is 20.8. The van der Waals surface area contributed by atoms with Gasteiger partial charge < -0.3 is 0 Å². The van der Waals surface area contributed by atoms with Gasteiger partial charge in [-0.15, -0.1) is 0 Å². The lowest BCUT2D eigenvalue weighted by atomic mass is 10.3. The first-order valence-corrected chi connectivity index (χ1v) is 5.09. The Morgan fingerprint density at radius 3 is 2.71 bits per heavy atom. The van der Waals surface area contributed by atoms with Crippen molar-refractivity contribution in [3.05, 3.63) is 36.9 Å². The van der Waals surface area contributed by atoms with E-state index in [4.69, 9.17) is 0 Å². The first-order chi connectivity index (χ1) is 6.58. The Morgan fingerprint density at radius 1 is 1.36 bits per heavy atom. The fraction of sp³-hybridized carbons (Fsp3) is 0. The average molecular weight is 231 g/mol. The lowest BCUT2D eigenvalue weighted by Crippen LogP contribution is -1.88. The van der Waals surface area contributed by atoms with Crippen LogP contribution in [-0.4, -0.2) is 4.92 Å². The first-order valence-electron chi connectivity index (χ1n) is 3.45. The van der Waals surface area contributed by atoms with Crippen LogP contribution in [0.15, 0.2) is 16.9 Å². The highest BCUT2D eigenvalue weighted by molar-refractivity contribution is 7.35. The third-order valence-electron chi connectivity index (χ3n) is 1.58. The summed E-state index contributed by atoms with van der Waals surface area (Å²) >= 11 is 1.59.